The third-order valence-corrected chi connectivity index (χ3v) is 2.45. The Kier molecular flexibility index (Phi) is 4.19. The second kappa shape index (κ2) is 5.20. The summed E-state index contributed by atoms with van der Waals surface area (Å²) in [5.41, 5.74) is 1.07. The number of anilines is 1. The van der Waals surface area contributed by atoms with E-state index in [9.17, 15) is 0 Å². The van der Waals surface area contributed by atoms with Gasteiger partial charge in [-0.25, -0.2) is 0 Å². The first-order valence-corrected chi connectivity index (χ1v) is 5.54. The predicted octanol–water partition coefficient (Wildman–Crippen LogP) is 3.57. The smallest absolute Gasteiger partial charge is 0.0501 e. The Morgan fingerprint density at radius 3 is 2.54 bits per heavy atom. The molecule has 0 atom stereocenters. The number of rotatable bonds is 4. The fourth-order valence-corrected chi connectivity index (χ4v) is 1.38. The van der Waals surface area contributed by atoms with E-state index in [4.69, 9.17) is 11.6 Å². The Hall–Kier alpha value is -0.600. The molecule has 1 N–H and O–H groups in total. The van der Waals surface area contributed by atoms with E-state index in [1.807, 2.05) is 12.1 Å². The van der Waals surface area contributed by atoms with Crippen LogP contribution in [-0.2, 0) is 0 Å². The second-order valence-corrected chi connectivity index (χ2v) is 4.01. The SMILES string of the molecule is C=C(Cl)CNc1ccc(SC)cc1. The summed E-state index contributed by atoms with van der Waals surface area (Å²) in [6.45, 7) is 4.21. The normalized spacial score (nSPS) is 9.69. The van der Waals surface area contributed by atoms with Crippen molar-refractivity contribution in [2.75, 3.05) is 18.1 Å². The summed E-state index contributed by atoms with van der Waals surface area (Å²) >= 11 is 7.36. The molecule has 0 aromatic heterocycles. The zero-order valence-corrected chi connectivity index (χ0v) is 9.08. The average molecular weight is 214 g/mol. The van der Waals surface area contributed by atoms with Crippen LogP contribution in [0, 0.1) is 0 Å². The van der Waals surface area contributed by atoms with Gasteiger partial charge < -0.3 is 5.32 Å². The summed E-state index contributed by atoms with van der Waals surface area (Å²) < 4.78 is 0. The van der Waals surface area contributed by atoms with Gasteiger partial charge in [0.25, 0.3) is 0 Å². The topological polar surface area (TPSA) is 12.0 Å². The molecule has 0 aliphatic heterocycles. The number of thioether (sulfide) groups is 1. The molecule has 0 saturated carbocycles. The van der Waals surface area contributed by atoms with Crippen LogP contribution in [0.1, 0.15) is 0 Å². The number of hydrogen-bond donors (Lipinski definition) is 1. The molecule has 1 nitrogen and oxygen atoms in total. The first-order chi connectivity index (χ1) is 6.22. The van der Waals surface area contributed by atoms with Crippen molar-refractivity contribution >= 4 is 29.1 Å². The Labute approximate surface area is 88.2 Å². The molecular weight excluding hydrogens is 202 g/mol. The summed E-state index contributed by atoms with van der Waals surface area (Å²) in [6.07, 6.45) is 2.06. The van der Waals surface area contributed by atoms with Gasteiger partial charge in [-0.1, -0.05) is 18.2 Å². The molecule has 1 aromatic rings. The van der Waals surface area contributed by atoms with Crippen molar-refractivity contribution < 1.29 is 0 Å². The van der Waals surface area contributed by atoms with Crippen molar-refractivity contribution in [1.29, 1.82) is 0 Å². The lowest BCUT2D eigenvalue weighted by Gasteiger charge is -2.04. The molecular formula is C10H12ClNS. The van der Waals surface area contributed by atoms with Gasteiger partial charge in [-0.2, -0.15) is 0 Å². The van der Waals surface area contributed by atoms with Crippen LogP contribution in [0.25, 0.3) is 0 Å². The lowest BCUT2D eigenvalue weighted by molar-refractivity contribution is 1.30. The Morgan fingerprint density at radius 1 is 1.46 bits per heavy atom. The van der Waals surface area contributed by atoms with Gasteiger partial charge in [-0.05, 0) is 30.5 Å². The largest absolute Gasteiger partial charge is 0.380 e. The molecule has 0 radical (unpaired) electrons. The maximum Gasteiger partial charge on any atom is 0.0501 e. The van der Waals surface area contributed by atoms with E-state index >= 15 is 0 Å². The van der Waals surface area contributed by atoms with Gasteiger partial charge in [0, 0.05) is 15.6 Å². The van der Waals surface area contributed by atoms with E-state index in [1.54, 1.807) is 11.8 Å². The molecule has 0 heterocycles. The molecule has 0 aliphatic carbocycles. The van der Waals surface area contributed by atoms with Crippen molar-refractivity contribution in [3.8, 4) is 0 Å². The van der Waals surface area contributed by atoms with Crippen LogP contribution in [0.4, 0.5) is 5.69 Å². The number of hydrogen-bond acceptors (Lipinski definition) is 2. The zero-order chi connectivity index (χ0) is 9.68. The Balaban J connectivity index is 2.54. The maximum absolute atomic E-state index is 5.63. The monoisotopic (exact) mass is 213 g/mol. The summed E-state index contributed by atoms with van der Waals surface area (Å²) in [7, 11) is 0. The molecule has 70 valence electrons. The van der Waals surface area contributed by atoms with Crippen molar-refractivity contribution in [3.05, 3.63) is 35.9 Å². The Morgan fingerprint density at radius 2 is 2.08 bits per heavy atom. The van der Waals surface area contributed by atoms with Crippen LogP contribution in [0.3, 0.4) is 0 Å². The Bertz CT molecular complexity index is 281. The van der Waals surface area contributed by atoms with Gasteiger partial charge >= 0.3 is 0 Å². The van der Waals surface area contributed by atoms with E-state index in [2.05, 4.69) is 30.3 Å². The highest BCUT2D eigenvalue weighted by Crippen LogP contribution is 2.17. The predicted molar refractivity (Wildman–Crippen MR) is 61.7 cm³/mol. The quantitative estimate of drug-likeness (QED) is 0.768. The summed E-state index contributed by atoms with van der Waals surface area (Å²) in [6, 6.07) is 8.21. The number of benzene rings is 1. The molecule has 3 heteroatoms. The average Bonchev–Trinajstić information content (AvgIpc) is 2.15. The molecule has 1 rings (SSSR count). The van der Waals surface area contributed by atoms with E-state index in [0.717, 1.165) is 5.69 Å². The minimum absolute atomic E-state index is 0.611. The first kappa shape index (κ1) is 10.5. The first-order valence-electron chi connectivity index (χ1n) is 3.93. The van der Waals surface area contributed by atoms with Crippen molar-refractivity contribution in [2.45, 2.75) is 4.90 Å². The lowest BCUT2D eigenvalue weighted by Crippen LogP contribution is -1.99. The zero-order valence-electron chi connectivity index (χ0n) is 7.51. The molecule has 0 aliphatic rings. The minimum atomic E-state index is 0.611. The minimum Gasteiger partial charge on any atom is -0.380 e. The van der Waals surface area contributed by atoms with Crippen molar-refractivity contribution in [3.63, 3.8) is 0 Å². The standard InChI is InChI=1S/C10H12ClNS/c1-8(11)7-12-9-3-5-10(13-2)6-4-9/h3-6,12H,1,7H2,2H3. The van der Waals surface area contributed by atoms with Crippen LogP contribution >= 0.6 is 23.4 Å². The molecule has 1 aromatic carbocycles. The van der Waals surface area contributed by atoms with E-state index < -0.39 is 0 Å². The lowest BCUT2D eigenvalue weighted by atomic mass is 10.3. The number of nitrogens with one attached hydrogen (secondary N) is 1. The highest BCUT2D eigenvalue weighted by molar-refractivity contribution is 7.98. The van der Waals surface area contributed by atoms with Crippen LogP contribution in [0.5, 0.6) is 0 Å². The van der Waals surface area contributed by atoms with Crippen molar-refractivity contribution in [1.82, 2.24) is 0 Å². The third kappa shape index (κ3) is 3.75. The fourth-order valence-electron chi connectivity index (χ4n) is 0.907. The summed E-state index contributed by atoms with van der Waals surface area (Å²) in [5.74, 6) is 0. The highest BCUT2D eigenvalue weighted by Gasteiger charge is 1.92. The fraction of sp³-hybridized carbons (Fsp3) is 0.200. The molecule has 0 bridgehead atoms. The van der Waals surface area contributed by atoms with Crippen LogP contribution in [0.2, 0.25) is 0 Å². The van der Waals surface area contributed by atoms with Gasteiger partial charge in [0.1, 0.15) is 0 Å². The van der Waals surface area contributed by atoms with Gasteiger partial charge in [0.2, 0.25) is 0 Å². The van der Waals surface area contributed by atoms with Crippen molar-refractivity contribution in [2.24, 2.45) is 0 Å². The maximum atomic E-state index is 5.63. The molecule has 0 saturated heterocycles. The molecule has 0 spiro atoms. The molecule has 0 fully saturated rings. The van der Waals surface area contributed by atoms with E-state index in [-0.39, 0.29) is 0 Å². The molecule has 0 amide bonds. The second-order valence-electron chi connectivity index (χ2n) is 2.60. The van der Waals surface area contributed by atoms with Gasteiger partial charge in [-0.15, -0.1) is 11.8 Å². The van der Waals surface area contributed by atoms with Gasteiger partial charge in [0.05, 0.1) is 6.54 Å². The summed E-state index contributed by atoms with van der Waals surface area (Å²) in [5, 5.41) is 3.77. The third-order valence-electron chi connectivity index (χ3n) is 1.57. The van der Waals surface area contributed by atoms with E-state index in [1.165, 1.54) is 4.90 Å². The number of halogens is 1. The van der Waals surface area contributed by atoms with E-state index in [0.29, 0.717) is 11.6 Å². The van der Waals surface area contributed by atoms with Crippen LogP contribution in [-0.4, -0.2) is 12.8 Å². The summed E-state index contributed by atoms with van der Waals surface area (Å²) in [4.78, 5) is 1.26. The highest BCUT2D eigenvalue weighted by atomic mass is 35.5. The molecule has 13 heavy (non-hydrogen) atoms. The van der Waals surface area contributed by atoms with Gasteiger partial charge in [-0.3, -0.25) is 0 Å². The van der Waals surface area contributed by atoms with Crippen LogP contribution < -0.4 is 5.32 Å². The molecule has 0 unspecified atom stereocenters. The van der Waals surface area contributed by atoms with Gasteiger partial charge in [0.15, 0.2) is 0 Å². The van der Waals surface area contributed by atoms with Crippen LogP contribution in [0.15, 0.2) is 40.8 Å².